The van der Waals surface area contributed by atoms with Crippen LogP contribution in [0.2, 0.25) is 0 Å². The molecule has 0 heterocycles. The molecule has 0 aromatic heterocycles. The van der Waals surface area contributed by atoms with Crippen molar-refractivity contribution in [2.24, 2.45) is 23.7 Å². The molecule has 0 saturated heterocycles. The Kier molecular flexibility index (Phi) is 8.19. The Morgan fingerprint density at radius 1 is 0.714 bits per heavy atom. The van der Waals surface area contributed by atoms with E-state index >= 15 is 0 Å². The predicted molar refractivity (Wildman–Crippen MR) is 94.6 cm³/mol. The van der Waals surface area contributed by atoms with Crippen molar-refractivity contribution in [1.82, 2.24) is 0 Å². The van der Waals surface area contributed by atoms with Crippen LogP contribution in [-0.2, 0) is 0 Å². The summed E-state index contributed by atoms with van der Waals surface area (Å²) in [6, 6.07) is 0. The SMILES string of the molecule is CCCCC1C(C)CCCC1C1CCCCCCCCC1. The number of hydrogen-bond donors (Lipinski definition) is 0. The lowest BCUT2D eigenvalue weighted by atomic mass is 9.64. The largest absolute Gasteiger partial charge is 0.0654 e. The molecule has 0 nitrogen and oxygen atoms in total. The van der Waals surface area contributed by atoms with Crippen LogP contribution in [0.3, 0.4) is 0 Å². The van der Waals surface area contributed by atoms with Crippen molar-refractivity contribution in [2.45, 2.75) is 110 Å². The van der Waals surface area contributed by atoms with Crippen LogP contribution in [-0.4, -0.2) is 0 Å². The van der Waals surface area contributed by atoms with E-state index in [9.17, 15) is 0 Å². The molecule has 2 aliphatic carbocycles. The van der Waals surface area contributed by atoms with Crippen LogP contribution in [0.15, 0.2) is 0 Å². The zero-order valence-corrected chi connectivity index (χ0v) is 14.9. The van der Waals surface area contributed by atoms with Gasteiger partial charge in [0.25, 0.3) is 0 Å². The van der Waals surface area contributed by atoms with Crippen molar-refractivity contribution >= 4 is 0 Å². The van der Waals surface area contributed by atoms with E-state index < -0.39 is 0 Å². The highest BCUT2D eigenvalue weighted by Gasteiger charge is 2.34. The first-order valence-corrected chi connectivity index (χ1v) is 10.3. The van der Waals surface area contributed by atoms with Crippen LogP contribution in [0.25, 0.3) is 0 Å². The Labute approximate surface area is 134 Å². The molecule has 124 valence electrons. The van der Waals surface area contributed by atoms with E-state index in [0.717, 1.165) is 23.7 Å². The van der Waals surface area contributed by atoms with E-state index in [-0.39, 0.29) is 0 Å². The van der Waals surface area contributed by atoms with Gasteiger partial charge in [-0.05, 0) is 36.5 Å². The van der Waals surface area contributed by atoms with E-state index in [0.29, 0.717) is 0 Å². The maximum absolute atomic E-state index is 2.56. The number of unbranched alkanes of at least 4 members (excludes halogenated alkanes) is 1. The Balaban J connectivity index is 1.95. The molecule has 3 atom stereocenters. The lowest BCUT2D eigenvalue weighted by molar-refractivity contribution is 0.0864. The lowest BCUT2D eigenvalue weighted by Gasteiger charge is -2.42. The second-order valence-electron chi connectivity index (χ2n) is 8.19. The van der Waals surface area contributed by atoms with Crippen molar-refractivity contribution in [1.29, 1.82) is 0 Å². The molecule has 0 aliphatic heterocycles. The van der Waals surface area contributed by atoms with Gasteiger partial charge in [-0.15, -0.1) is 0 Å². The van der Waals surface area contributed by atoms with Gasteiger partial charge in [0.1, 0.15) is 0 Å². The Bertz CT molecular complexity index is 247. The smallest absolute Gasteiger partial charge is 0.0355 e. The molecule has 2 rings (SSSR count). The van der Waals surface area contributed by atoms with E-state index in [4.69, 9.17) is 0 Å². The van der Waals surface area contributed by atoms with Gasteiger partial charge >= 0.3 is 0 Å². The zero-order chi connectivity index (χ0) is 14.9. The molecule has 0 aromatic rings. The lowest BCUT2D eigenvalue weighted by Crippen LogP contribution is -2.32. The Hall–Kier alpha value is 0. The summed E-state index contributed by atoms with van der Waals surface area (Å²) in [5, 5.41) is 0. The van der Waals surface area contributed by atoms with Crippen LogP contribution < -0.4 is 0 Å². The third kappa shape index (κ3) is 5.61. The monoisotopic (exact) mass is 292 g/mol. The van der Waals surface area contributed by atoms with Gasteiger partial charge in [-0.25, -0.2) is 0 Å². The Morgan fingerprint density at radius 3 is 1.95 bits per heavy atom. The van der Waals surface area contributed by atoms with E-state index in [1.54, 1.807) is 19.3 Å². The molecule has 0 heteroatoms. The third-order valence-corrected chi connectivity index (χ3v) is 6.62. The first kappa shape index (κ1) is 17.4. The van der Waals surface area contributed by atoms with Crippen molar-refractivity contribution in [3.05, 3.63) is 0 Å². The Morgan fingerprint density at radius 2 is 1.33 bits per heavy atom. The van der Waals surface area contributed by atoms with E-state index in [1.807, 2.05) is 0 Å². The number of hydrogen-bond acceptors (Lipinski definition) is 0. The van der Waals surface area contributed by atoms with Gasteiger partial charge in [-0.3, -0.25) is 0 Å². The molecule has 2 fully saturated rings. The van der Waals surface area contributed by atoms with E-state index in [2.05, 4.69) is 13.8 Å². The molecule has 0 N–H and O–H groups in total. The summed E-state index contributed by atoms with van der Waals surface area (Å²) in [4.78, 5) is 0. The highest BCUT2D eigenvalue weighted by Crippen LogP contribution is 2.44. The van der Waals surface area contributed by atoms with Crippen LogP contribution >= 0.6 is 0 Å². The van der Waals surface area contributed by atoms with Gasteiger partial charge in [-0.1, -0.05) is 97.3 Å². The van der Waals surface area contributed by atoms with E-state index in [1.165, 1.54) is 77.0 Å². The molecule has 2 saturated carbocycles. The van der Waals surface area contributed by atoms with Crippen LogP contribution in [0, 0.1) is 23.7 Å². The summed E-state index contributed by atoms with van der Waals surface area (Å²) < 4.78 is 0. The summed E-state index contributed by atoms with van der Waals surface area (Å²) in [6.07, 6.45) is 22.7. The molecule has 0 aromatic carbocycles. The highest BCUT2D eigenvalue weighted by molar-refractivity contribution is 4.85. The summed E-state index contributed by atoms with van der Waals surface area (Å²) in [7, 11) is 0. The summed E-state index contributed by atoms with van der Waals surface area (Å²) in [5.41, 5.74) is 0. The maximum atomic E-state index is 2.56. The fourth-order valence-corrected chi connectivity index (χ4v) is 5.32. The molecule has 0 bridgehead atoms. The van der Waals surface area contributed by atoms with Crippen LogP contribution in [0.1, 0.15) is 110 Å². The quantitative estimate of drug-likeness (QED) is 0.507. The summed E-state index contributed by atoms with van der Waals surface area (Å²) >= 11 is 0. The maximum Gasteiger partial charge on any atom is -0.0355 e. The van der Waals surface area contributed by atoms with Crippen LogP contribution in [0.5, 0.6) is 0 Å². The average Bonchev–Trinajstić information content (AvgIpc) is 2.51. The normalized spacial score (nSPS) is 33.7. The van der Waals surface area contributed by atoms with Gasteiger partial charge in [0, 0.05) is 0 Å². The summed E-state index contributed by atoms with van der Waals surface area (Å²) in [5.74, 6) is 4.23. The van der Waals surface area contributed by atoms with Crippen molar-refractivity contribution in [3.8, 4) is 0 Å². The topological polar surface area (TPSA) is 0 Å². The van der Waals surface area contributed by atoms with Crippen molar-refractivity contribution in [3.63, 3.8) is 0 Å². The van der Waals surface area contributed by atoms with Gasteiger partial charge in [0.05, 0.1) is 0 Å². The van der Waals surface area contributed by atoms with Crippen LogP contribution in [0.4, 0.5) is 0 Å². The van der Waals surface area contributed by atoms with Gasteiger partial charge in [0.2, 0.25) is 0 Å². The number of rotatable bonds is 4. The van der Waals surface area contributed by atoms with Gasteiger partial charge < -0.3 is 0 Å². The molecule has 2 aliphatic rings. The van der Waals surface area contributed by atoms with Gasteiger partial charge in [0.15, 0.2) is 0 Å². The van der Waals surface area contributed by atoms with Crippen molar-refractivity contribution < 1.29 is 0 Å². The molecule has 0 radical (unpaired) electrons. The van der Waals surface area contributed by atoms with Gasteiger partial charge in [-0.2, -0.15) is 0 Å². The minimum atomic E-state index is 1.01. The second-order valence-corrected chi connectivity index (χ2v) is 8.19. The zero-order valence-electron chi connectivity index (χ0n) is 14.9. The average molecular weight is 293 g/mol. The first-order chi connectivity index (χ1) is 10.3. The highest BCUT2D eigenvalue weighted by atomic mass is 14.4. The standard InChI is InChI=1S/C21H40/c1-3-4-16-20-18(2)13-12-17-21(20)19-14-10-8-6-5-7-9-11-15-19/h18-21H,3-17H2,1-2H3. The third-order valence-electron chi connectivity index (χ3n) is 6.62. The molecular weight excluding hydrogens is 252 g/mol. The summed E-state index contributed by atoms with van der Waals surface area (Å²) in [6.45, 7) is 4.93. The minimum Gasteiger partial charge on any atom is -0.0654 e. The molecule has 0 amide bonds. The predicted octanol–water partition coefficient (Wildman–Crippen LogP) is 7.37. The fourth-order valence-electron chi connectivity index (χ4n) is 5.32. The molecule has 3 unspecified atom stereocenters. The fraction of sp³-hybridized carbons (Fsp3) is 1.00. The molecule has 21 heavy (non-hydrogen) atoms. The van der Waals surface area contributed by atoms with Crippen molar-refractivity contribution in [2.75, 3.05) is 0 Å². The molecular formula is C21H40. The minimum absolute atomic E-state index is 1.01. The molecule has 0 spiro atoms. The first-order valence-electron chi connectivity index (χ1n) is 10.3. The second kappa shape index (κ2) is 9.90.